The van der Waals surface area contributed by atoms with Crippen LogP contribution in [0.15, 0.2) is 72.8 Å². The minimum atomic E-state index is -0.177. The van der Waals surface area contributed by atoms with Crippen LogP contribution in [0.25, 0.3) is 17.1 Å². The summed E-state index contributed by atoms with van der Waals surface area (Å²) in [7, 11) is 4.14. The first kappa shape index (κ1) is 28.2. The summed E-state index contributed by atoms with van der Waals surface area (Å²) in [4.78, 5) is 20.7. The average molecular weight is 578 g/mol. The molecule has 1 amide bonds. The van der Waals surface area contributed by atoms with Gasteiger partial charge in [-0.25, -0.2) is 4.98 Å². The maximum atomic E-state index is 13.7. The Morgan fingerprint density at radius 1 is 1.02 bits per heavy atom. The Kier molecular flexibility index (Phi) is 8.79. The monoisotopic (exact) mass is 576 g/mol. The summed E-state index contributed by atoms with van der Waals surface area (Å²) in [5.41, 5.74) is 3.76. The number of amides is 1. The first-order valence-corrected chi connectivity index (χ1v) is 14.4. The highest BCUT2D eigenvalue weighted by molar-refractivity contribution is 6.36. The van der Waals surface area contributed by atoms with Crippen LogP contribution in [0.5, 0.6) is 5.75 Å². The molecule has 2 atom stereocenters. The summed E-state index contributed by atoms with van der Waals surface area (Å²) in [6, 6.07) is 23.5. The van der Waals surface area contributed by atoms with Gasteiger partial charge in [0.25, 0.3) is 5.91 Å². The van der Waals surface area contributed by atoms with Crippen LogP contribution in [0.3, 0.4) is 0 Å². The number of hydrogen-bond acceptors (Lipinski definition) is 4. The van der Waals surface area contributed by atoms with Crippen LogP contribution >= 0.6 is 23.2 Å². The van der Waals surface area contributed by atoms with Crippen molar-refractivity contribution in [3.8, 4) is 22.8 Å². The molecule has 1 aromatic heterocycles. The molecule has 1 saturated carbocycles. The second-order valence-electron chi connectivity index (χ2n) is 10.5. The molecule has 8 heteroatoms. The summed E-state index contributed by atoms with van der Waals surface area (Å²) >= 11 is 12.8. The van der Waals surface area contributed by atoms with Crippen molar-refractivity contribution in [2.75, 3.05) is 14.1 Å². The number of likely N-dealkylation sites (N-methyl/N-ethyl adjacent to an activating group) is 1. The van der Waals surface area contributed by atoms with E-state index in [2.05, 4.69) is 24.3 Å². The van der Waals surface area contributed by atoms with Gasteiger partial charge in [-0.2, -0.15) is 0 Å². The third kappa shape index (κ3) is 6.20. The number of nitrogens with zero attached hydrogens (tertiary/aromatic N) is 3. The Balaban J connectivity index is 1.48. The minimum Gasteiger partial charge on any atom is -0.489 e. The molecule has 0 aliphatic heterocycles. The third-order valence-corrected chi connectivity index (χ3v) is 8.10. The molecule has 1 aliphatic rings. The Hall–Kier alpha value is -3.32. The molecular weight excluding hydrogens is 543 g/mol. The van der Waals surface area contributed by atoms with Crippen molar-refractivity contribution in [1.29, 1.82) is 0 Å². The molecule has 0 saturated heterocycles. The molecule has 4 aromatic rings. The average Bonchev–Trinajstić information content (AvgIpc) is 3.29. The van der Waals surface area contributed by atoms with Gasteiger partial charge >= 0.3 is 0 Å². The number of rotatable bonds is 8. The van der Waals surface area contributed by atoms with E-state index in [1.165, 1.54) is 6.42 Å². The molecule has 0 spiro atoms. The number of carbonyl (C=O) groups excluding carboxylic acids is 1. The summed E-state index contributed by atoms with van der Waals surface area (Å²) < 4.78 is 7.96. The predicted molar refractivity (Wildman–Crippen MR) is 162 cm³/mol. The van der Waals surface area contributed by atoms with Crippen LogP contribution < -0.4 is 10.1 Å². The van der Waals surface area contributed by atoms with Crippen molar-refractivity contribution in [1.82, 2.24) is 19.8 Å². The zero-order valence-electron chi connectivity index (χ0n) is 23.0. The summed E-state index contributed by atoms with van der Waals surface area (Å²) in [6.07, 6.45) is 4.30. The molecule has 1 N–H and O–H groups in total. The van der Waals surface area contributed by atoms with Crippen molar-refractivity contribution >= 4 is 29.1 Å². The fourth-order valence-corrected chi connectivity index (χ4v) is 5.94. The lowest BCUT2D eigenvalue weighted by molar-refractivity contribution is 0.0877. The van der Waals surface area contributed by atoms with Gasteiger partial charge in [-0.05, 0) is 81.9 Å². The van der Waals surface area contributed by atoms with E-state index in [4.69, 9.17) is 32.9 Å². The molecule has 3 aromatic carbocycles. The van der Waals surface area contributed by atoms with Gasteiger partial charge in [0.1, 0.15) is 23.9 Å². The molecule has 1 fully saturated rings. The smallest absolute Gasteiger partial charge is 0.272 e. The maximum Gasteiger partial charge on any atom is 0.272 e. The molecule has 1 heterocycles. The molecule has 0 radical (unpaired) electrons. The van der Waals surface area contributed by atoms with E-state index in [1.807, 2.05) is 72.2 Å². The van der Waals surface area contributed by atoms with E-state index in [0.29, 0.717) is 39.8 Å². The zero-order chi connectivity index (χ0) is 28.2. The van der Waals surface area contributed by atoms with E-state index in [1.54, 1.807) is 12.1 Å². The Labute approximate surface area is 245 Å². The normalized spacial score (nSPS) is 17.1. The number of carbonyl (C=O) groups is 1. The molecule has 5 rings (SSSR count). The molecule has 40 heavy (non-hydrogen) atoms. The first-order valence-electron chi connectivity index (χ1n) is 13.6. The van der Waals surface area contributed by atoms with Crippen LogP contribution in [-0.2, 0) is 6.61 Å². The highest BCUT2D eigenvalue weighted by Gasteiger charge is 2.30. The Bertz CT molecular complexity index is 1470. The van der Waals surface area contributed by atoms with E-state index in [0.717, 1.165) is 42.0 Å². The van der Waals surface area contributed by atoms with Gasteiger partial charge in [0.15, 0.2) is 0 Å². The fraction of sp³-hybridized carbons (Fsp3) is 0.312. The van der Waals surface area contributed by atoms with E-state index < -0.39 is 0 Å². The van der Waals surface area contributed by atoms with E-state index in [9.17, 15) is 4.79 Å². The van der Waals surface area contributed by atoms with Crippen LogP contribution in [0.2, 0.25) is 10.0 Å². The minimum absolute atomic E-state index is 0.0735. The molecule has 0 unspecified atom stereocenters. The first-order chi connectivity index (χ1) is 19.3. The zero-order valence-corrected chi connectivity index (χ0v) is 24.5. The van der Waals surface area contributed by atoms with Crippen molar-refractivity contribution in [3.63, 3.8) is 0 Å². The van der Waals surface area contributed by atoms with Crippen LogP contribution in [0, 0.1) is 6.92 Å². The van der Waals surface area contributed by atoms with Crippen molar-refractivity contribution in [3.05, 3.63) is 99.8 Å². The van der Waals surface area contributed by atoms with Crippen molar-refractivity contribution in [2.45, 2.75) is 51.3 Å². The largest absolute Gasteiger partial charge is 0.489 e. The van der Waals surface area contributed by atoms with Gasteiger partial charge < -0.3 is 15.0 Å². The molecule has 208 valence electrons. The number of nitrogens with one attached hydrogen (secondary N) is 1. The van der Waals surface area contributed by atoms with Crippen LogP contribution in [0.1, 0.15) is 47.4 Å². The highest BCUT2D eigenvalue weighted by atomic mass is 35.5. The van der Waals surface area contributed by atoms with E-state index in [-0.39, 0.29) is 11.9 Å². The maximum absolute atomic E-state index is 13.7. The Morgan fingerprint density at radius 2 is 1.75 bits per heavy atom. The fourth-order valence-electron chi connectivity index (χ4n) is 5.45. The lowest BCUT2D eigenvalue weighted by atomic mass is 9.89. The standard InChI is InChI=1S/C32H34Cl2N4O2/c1-21-30(32(39)35-28-11-7-8-12-29(28)37(2)3)36-31(26-18-13-23(33)19-27(26)34)38(21)24-14-16-25(17-15-24)40-20-22-9-5-4-6-10-22/h4-6,9-10,13-19,28-29H,7-8,11-12,20H2,1-3H3,(H,35,39)/t28-,29+/m0/s1. The number of ether oxygens (including phenoxy) is 1. The van der Waals surface area contributed by atoms with Crippen molar-refractivity contribution < 1.29 is 9.53 Å². The van der Waals surface area contributed by atoms with Gasteiger partial charge in [-0.15, -0.1) is 0 Å². The second-order valence-corrected chi connectivity index (χ2v) is 11.3. The topological polar surface area (TPSA) is 59.4 Å². The van der Waals surface area contributed by atoms with E-state index >= 15 is 0 Å². The second kappa shape index (κ2) is 12.5. The number of aromatic nitrogens is 2. The summed E-state index contributed by atoms with van der Waals surface area (Å²) in [6.45, 7) is 2.40. The number of imidazole rings is 1. The van der Waals surface area contributed by atoms with Gasteiger partial charge in [-0.1, -0.05) is 66.4 Å². The molecular formula is C32H34Cl2N4O2. The lowest BCUT2D eigenvalue weighted by Crippen LogP contribution is -2.51. The molecule has 6 nitrogen and oxygen atoms in total. The molecule has 0 bridgehead atoms. The predicted octanol–water partition coefficient (Wildman–Crippen LogP) is 7.34. The number of halogens is 2. The lowest BCUT2D eigenvalue weighted by Gasteiger charge is -2.36. The quantitative estimate of drug-likeness (QED) is 0.238. The number of benzene rings is 3. The SMILES string of the molecule is Cc1c(C(=O)N[C@H]2CCCC[C@H]2N(C)C)nc(-c2ccc(Cl)cc2Cl)n1-c1ccc(OCc2ccccc2)cc1. The van der Waals surface area contributed by atoms with Gasteiger partial charge in [0.2, 0.25) is 0 Å². The molecule has 1 aliphatic carbocycles. The summed E-state index contributed by atoms with van der Waals surface area (Å²) in [5.74, 6) is 1.15. The van der Waals surface area contributed by atoms with Gasteiger partial charge in [0, 0.05) is 28.4 Å². The highest BCUT2D eigenvalue weighted by Crippen LogP contribution is 2.34. The van der Waals surface area contributed by atoms with Gasteiger partial charge in [-0.3, -0.25) is 9.36 Å². The van der Waals surface area contributed by atoms with Gasteiger partial charge in [0.05, 0.1) is 10.7 Å². The van der Waals surface area contributed by atoms with Crippen molar-refractivity contribution in [2.24, 2.45) is 0 Å². The number of hydrogen-bond donors (Lipinski definition) is 1. The Morgan fingerprint density at radius 3 is 2.45 bits per heavy atom. The van der Waals surface area contributed by atoms with Crippen LogP contribution in [0.4, 0.5) is 0 Å². The summed E-state index contributed by atoms with van der Waals surface area (Å²) in [5, 5.41) is 4.29. The third-order valence-electron chi connectivity index (χ3n) is 7.55. The van der Waals surface area contributed by atoms with Crippen LogP contribution in [-0.4, -0.2) is 46.5 Å².